The molecular weight excluding hydrogens is 354 g/mol. The van der Waals surface area contributed by atoms with E-state index in [4.69, 9.17) is 9.47 Å². The van der Waals surface area contributed by atoms with Gasteiger partial charge in [0.05, 0.1) is 23.7 Å². The van der Waals surface area contributed by atoms with E-state index in [9.17, 15) is 13.2 Å². The highest BCUT2D eigenvalue weighted by Crippen LogP contribution is 2.18. The van der Waals surface area contributed by atoms with Gasteiger partial charge < -0.3 is 9.47 Å². The average molecular weight is 375 g/mol. The van der Waals surface area contributed by atoms with Gasteiger partial charge in [-0.05, 0) is 36.8 Å². The lowest BCUT2D eigenvalue weighted by atomic mass is 10.1. The summed E-state index contributed by atoms with van der Waals surface area (Å²) in [5, 5.41) is 0. The van der Waals surface area contributed by atoms with E-state index in [1.54, 1.807) is 0 Å². The van der Waals surface area contributed by atoms with Crippen molar-refractivity contribution in [3.63, 3.8) is 0 Å². The lowest BCUT2D eigenvalue weighted by molar-refractivity contribution is 0.0472. The van der Waals surface area contributed by atoms with Gasteiger partial charge in [-0.1, -0.05) is 29.8 Å². The largest absolute Gasteiger partial charge is 0.457 e. The summed E-state index contributed by atoms with van der Waals surface area (Å²) in [5.74, 6) is -0.484. The second-order valence-electron chi connectivity index (χ2n) is 6.11. The fraction of sp³-hybridized carbons (Fsp3) is 0.316. The molecule has 0 amide bonds. The van der Waals surface area contributed by atoms with Crippen LogP contribution in [0, 0.1) is 6.92 Å². The van der Waals surface area contributed by atoms with Crippen LogP contribution in [0.4, 0.5) is 0 Å². The zero-order chi connectivity index (χ0) is 18.6. The van der Waals surface area contributed by atoms with Crippen molar-refractivity contribution < 1.29 is 22.7 Å². The minimum absolute atomic E-state index is 0.162. The van der Waals surface area contributed by atoms with Gasteiger partial charge >= 0.3 is 5.97 Å². The van der Waals surface area contributed by atoms with Gasteiger partial charge in [0.15, 0.2) is 0 Å². The summed E-state index contributed by atoms with van der Waals surface area (Å²) >= 11 is 0. The van der Waals surface area contributed by atoms with Crippen LogP contribution in [0.2, 0.25) is 0 Å². The first-order valence-electron chi connectivity index (χ1n) is 8.37. The van der Waals surface area contributed by atoms with Crippen molar-refractivity contribution in [3.8, 4) is 0 Å². The molecule has 7 heteroatoms. The molecule has 6 nitrogen and oxygen atoms in total. The molecule has 0 N–H and O–H groups in total. The molecule has 1 heterocycles. The van der Waals surface area contributed by atoms with Crippen molar-refractivity contribution >= 4 is 16.0 Å². The lowest BCUT2D eigenvalue weighted by Gasteiger charge is -2.26. The standard InChI is InChI=1S/C19H21NO5S/c1-15-3-2-4-16(13-15)14-25-19(21)17-5-7-18(8-6-17)26(22,23)20-9-11-24-12-10-20/h2-8,13H,9-12,14H2,1H3. The molecule has 0 spiro atoms. The molecule has 1 aliphatic heterocycles. The first-order valence-corrected chi connectivity index (χ1v) is 9.81. The van der Waals surface area contributed by atoms with Gasteiger partial charge in [0, 0.05) is 13.1 Å². The summed E-state index contributed by atoms with van der Waals surface area (Å²) in [7, 11) is -3.56. The number of esters is 1. The number of hydrogen-bond donors (Lipinski definition) is 0. The molecule has 1 aliphatic rings. The van der Waals surface area contributed by atoms with E-state index in [-0.39, 0.29) is 11.5 Å². The summed E-state index contributed by atoms with van der Waals surface area (Å²) in [5.41, 5.74) is 2.32. The van der Waals surface area contributed by atoms with Crippen LogP contribution >= 0.6 is 0 Å². The fourth-order valence-electron chi connectivity index (χ4n) is 2.73. The Kier molecular flexibility index (Phi) is 5.70. The molecule has 0 aliphatic carbocycles. The molecule has 138 valence electrons. The number of ether oxygens (including phenoxy) is 2. The van der Waals surface area contributed by atoms with Gasteiger partial charge in [-0.15, -0.1) is 0 Å². The molecule has 26 heavy (non-hydrogen) atoms. The number of hydrogen-bond acceptors (Lipinski definition) is 5. The summed E-state index contributed by atoms with van der Waals surface area (Å²) < 4.78 is 37.0. The van der Waals surface area contributed by atoms with Gasteiger partial charge in [-0.2, -0.15) is 4.31 Å². The minimum Gasteiger partial charge on any atom is -0.457 e. The predicted molar refractivity (Wildman–Crippen MR) is 96.3 cm³/mol. The van der Waals surface area contributed by atoms with Crippen molar-refractivity contribution in [2.24, 2.45) is 0 Å². The van der Waals surface area contributed by atoms with E-state index in [0.717, 1.165) is 11.1 Å². The molecule has 0 atom stereocenters. The fourth-order valence-corrected chi connectivity index (χ4v) is 4.14. The van der Waals surface area contributed by atoms with Crippen LogP contribution in [-0.4, -0.2) is 45.0 Å². The first-order chi connectivity index (χ1) is 12.5. The zero-order valence-corrected chi connectivity index (χ0v) is 15.4. The van der Waals surface area contributed by atoms with E-state index in [1.165, 1.54) is 28.6 Å². The van der Waals surface area contributed by atoms with E-state index >= 15 is 0 Å². The minimum atomic E-state index is -3.56. The summed E-state index contributed by atoms with van der Waals surface area (Å²) in [4.78, 5) is 12.3. The van der Waals surface area contributed by atoms with Crippen molar-refractivity contribution in [2.45, 2.75) is 18.4 Å². The number of morpholine rings is 1. The number of aryl methyl sites for hydroxylation is 1. The Balaban J connectivity index is 1.65. The summed E-state index contributed by atoms with van der Waals surface area (Å²) in [6.07, 6.45) is 0. The Labute approximate surface area is 153 Å². The number of sulfonamides is 1. The van der Waals surface area contributed by atoms with Crippen LogP contribution in [-0.2, 0) is 26.1 Å². The van der Waals surface area contributed by atoms with Gasteiger partial charge in [0.25, 0.3) is 0 Å². The second kappa shape index (κ2) is 7.99. The van der Waals surface area contributed by atoms with Gasteiger partial charge in [0.1, 0.15) is 6.61 Å². The third-order valence-electron chi connectivity index (χ3n) is 4.15. The molecule has 0 aromatic heterocycles. The number of benzene rings is 2. The second-order valence-corrected chi connectivity index (χ2v) is 8.04. The highest BCUT2D eigenvalue weighted by atomic mass is 32.2. The number of nitrogens with zero attached hydrogens (tertiary/aromatic N) is 1. The van der Waals surface area contributed by atoms with Crippen molar-refractivity contribution in [2.75, 3.05) is 26.3 Å². The van der Waals surface area contributed by atoms with Crippen LogP contribution in [0.1, 0.15) is 21.5 Å². The van der Waals surface area contributed by atoms with Crippen LogP contribution in [0.3, 0.4) is 0 Å². The Hall–Kier alpha value is -2.22. The van der Waals surface area contributed by atoms with Crippen molar-refractivity contribution in [1.29, 1.82) is 0 Å². The summed E-state index contributed by atoms with van der Waals surface area (Å²) in [6, 6.07) is 13.5. The average Bonchev–Trinajstić information content (AvgIpc) is 2.67. The third-order valence-corrected chi connectivity index (χ3v) is 6.06. The Morgan fingerprint density at radius 3 is 2.46 bits per heavy atom. The van der Waals surface area contributed by atoms with E-state index < -0.39 is 16.0 Å². The van der Waals surface area contributed by atoms with Crippen molar-refractivity contribution in [3.05, 3.63) is 65.2 Å². The Morgan fingerprint density at radius 1 is 1.12 bits per heavy atom. The summed E-state index contributed by atoms with van der Waals surface area (Å²) in [6.45, 7) is 3.60. The maximum Gasteiger partial charge on any atom is 0.338 e. The number of carbonyl (C=O) groups excluding carboxylic acids is 1. The zero-order valence-electron chi connectivity index (χ0n) is 14.6. The maximum atomic E-state index is 12.6. The van der Waals surface area contributed by atoms with Crippen LogP contribution < -0.4 is 0 Å². The predicted octanol–water partition coefficient (Wildman–Crippen LogP) is 2.37. The normalized spacial score (nSPS) is 15.6. The molecular formula is C19H21NO5S. The highest BCUT2D eigenvalue weighted by Gasteiger charge is 2.26. The molecule has 0 radical (unpaired) electrons. The molecule has 1 fully saturated rings. The van der Waals surface area contributed by atoms with Crippen LogP contribution in [0.25, 0.3) is 0 Å². The SMILES string of the molecule is Cc1cccc(COC(=O)c2ccc(S(=O)(=O)N3CCOCC3)cc2)c1. The van der Waals surface area contributed by atoms with E-state index in [2.05, 4.69) is 0 Å². The van der Waals surface area contributed by atoms with Gasteiger partial charge in [0.2, 0.25) is 10.0 Å². The number of rotatable bonds is 5. The molecule has 0 bridgehead atoms. The molecule has 1 saturated heterocycles. The van der Waals surface area contributed by atoms with E-state index in [1.807, 2.05) is 31.2 Å². The molecule has 3 rings (SSSR count). The van der Waals surface area contributed by atoms with Crippen molar-refractivity contribution in [1.82, 2.24) is 4.31 Å². The van der Waals surface area contributed by atoms with Crippen LogP contribution in [0.15, 0.2) is 53.4 Å². The topological polar surface area (TPSA) is 72.9 Å². The van der Waals surface area contributed by atoms with Gasteiger partial charge in [-0.25, -0.2) is 13.2 Å². The maximum absolute atomic E-state index is 12.6. The van der Waals surface area contributed by atoms with Gasteiger partial charge in [-0.3, -0.25) is 0 Å². The third kappa shape index (κ3) is 4.30. The molecule has 0 unspecified atom stereocenters. The molecule has 0 saturated carbocycles. The molecule has 2 aromatic carbocycles. The Bertz CT molecular complexity index is 871. The van der Waals surface area contributed by atoms with E-state index in [0.29, 0.717) is 31.9 Å². The molecule has 2 aromatic rings. The van der Waals surface area contributed by atoms with Crippen LogP contribution in [0.5, 0.6) is 0 Å². The Morgan fingerprint density at radius 2 is 1.81 bits per heavy atom. The first kappa shape index (κ1) is 18.6. The quantitative estimate of drug-likeness (QED) is 0.750. The smallest absolute Gasteiger partial charge is 0.338 e. The lowest BCUT2D eigenvalue weighted by Crippen LogP contribution is -2.40. The highest BCUT2D eigenvalue weighted by molar-refractivity contribution is 7.89. The number of carbonyl (C=O) groups is 1. The monoisotopic (exact) mass is 375 g/mol.